The van der Waals surface area contributed by atoms with E-state index in [1.54, 1.807) is 0 Å². The Labute approximate surface area is 62.6 Å². The Morgan fingerprint density at radius 1 is 1.09 bits per heavy atom. The molecule has 0 spiro atoms. The van der Waals surface area contributed by atoms with Gasteiger partial charge in [-0.3, -0.25) is 0 Å². The number of rotatable bonds is 1. The minimum Gasteiger partial charge on any atom is -0.479 e. The van der Waals surface area contributed by atoms with E-state index in [2.05, 4.69) is 0 Å². The van der Waals surface area contributed by atoms with E-state index < -0.39 is 12.1 Å². The molecule has 0 aliphatic heterocycles. The van der Waals surface area contributed by atoms with Crippen molar-refractivity contribution >= 4 is 5.97 Å². The molecule has 12 N–H and O–H groups in total. The van der Waals surface area contributed by atoms with Crippen molar-refractivity contribution in [1.82, 2.24) is 0 Å². The van der Waals surface area contributed by atoms with Gasteiger partial charge in [-0.05, 0) is 6.92 Å². The number of aliphatic hydroxyl groups is 1. The topological polar surface area (TPSA) is 215 Å². The standard InChI is InChI=1S/C3H6O3.5H2O/c1-2(4)3(5)6;;;;;/h2,4H,1H3,(H,5,6);5*1H2. The first kappa shape index (κ1) is 48.7. The van der Waals surface area contributed by atoms with Gasteiger partial charge in [-0.15, -0.1) is 0 Å². The van der Waals surface area contributed by atoms with E-state index in [1.807, 2.05) is 0 Å². The fraction of sp³-hybridized carbons (Fsp3) is 0.667. The highest BCUT2D eigenvalue weighted by molar-refractivity contribution is 5.71. The Hall–Kier alpha value is -0.770. The summed E-state index contributed by atoms with van der Waals surface area (Å²) in [4.78, 5) is 9.45. The molecule has 0 aliphatic rings. The average Bonchev–Trinajstić information content (AvgIpc) is 1.36. The van der Waals surface area contributed by atoms with Gasteiger partial charge in [0.1, 0.15) is 6.10 Å². The molecule has 1 unspecified atom stereocenters. The zero-order chi connectivity index (χ0) is 5.15. The van der Waals surface area contributed by atoms with E-state index in [-0.39, 0.29) is 27.4 Å². The largest absolute Gasteiger partial charge is 0.479 e. The molecule has 0 bridgehead atoms. The van der Waals surface area contributed by atoms with Crippen LogP contribution in [-0.4, -0.2) is 49.7 Å². The summed E-state index contributed by atoms with van der Waals surface area (Å²) in [6, 6.07) is 0. The molecule has 0 radical (unpaired) electrons. The van der Waals surface area contributed by atoms with Gasteiger partial charge in [0.2, 0.25) is 0 Å². The second kappa shape index (κ2) is 22.9. The van der Waals surface area contributed by atoms with E-state index >= 15 is 0 Å². The third kappa shape index (κ3) is 46.2. The van der Waals surface area contributed by atoms with Crippen LogP contribution in [0.1, 0.15) is 6.92 Å². The molecule has 0 heterocycles. The summed E-state index contributed by atoms with van der Waals surface area (Å²) in [6.07, 6.45) is -1.23. The van der Waals surface area contributed by atoms with Crippen LogP contribution in [0.15, 0.2) is 0 Å². The first-order chi connectivity index (χ1) is 2.64. The third-order valence-corrected chi connectivity index (χ3v) is 0.357. The van der Waals surface area contributed by atoms with Gasteiger partial charge in [-0.25, -0.2) is 4.79 Å². The van der Waals surface area contributed by atoms with Gasteiger partial charge in [0.15, 0.2) is 0 Å². The number of hydrogen-bond acceptors (Lipinski definition) is 2. The van der Waals surface area contributed by atoms with Gasteiger partial charge in [0.25, 0.3) is 0 Å². The van der Waals surface area contributed by atoms with Crippen LogP contribution in [0.4, 0.5) is 0 Å². The maximum Gasteiger partial charge on any atom is 0.332 e. The van der Waals surface area contributed by atoms with Crippen molar-refractivity contribution in [3.8, 4) is 0 Å². The Balaban J connectivity index is -0.0000000125. The van der Waals surface area contributed by atoms with Crippen LogP contribution < -0.4 is 0 Å². The Morgan fingerprint density at radius 2 is 1.18 bits per heavy atom. The number of hydrogen-bond donors (Lipinski definition) is 2. The molecule has 0 saturated carbocycles. The van der Waals surface area contributed by atoms with E-state index in [0.717, 1.165) is 0 Å². The molecule has 0 aliphatic carbocycles. The Kier molecular flexibility index (Phi) is 101. The summed E-state index contributed by atoms with van der Waals surface area (Å²) in [5.74, 6) is -1.19. The molecular weight excluding hydrogens is 164 g/mol. The fourth-order valence-corrected chi connectivity index (χ4v) is 0. The van der Waals surface area contributed by atoms with E-state index in [0.29, 0.717) is 0 Å². The van der Waals surface area contributed by atoms with E-state index in [1.165, 1.54) is 6.92 Å². The second-order valence-corrected chi connectivity index (χ2v) is 1.01. The minimum absolute atomic E-state index is 0. The molecule has 8 nitrogen and oxygen atoms in total. The molecule has 0 amide bonds. The van der Waals surface area contributed by atoms with Crippen molar-refractivity contribution < 1.29 is 42.4 Å². The predicted octanol–water partition coefficient (Wildman–Crippen LogP) is -4.67. The van der Waals surface area contributed by atoms with Crippen molar-refractivity contribution in [2.75, 3.05) is 0 Å². The van der Waals surface area contributed by atoms with Crippen LogP contribution in [-0.2, 0) is 4.79 Å². The van der Waals surface area contributed by atoms with Gasteiger partial charge in [-0.1, -0.05) is 0 Å². The number of aliphatic hydroxyl groups excluding tert-OH is 1. The number of carboxylic acid groups (broad SMARTS) is 1. The highest BCUT2D eigenvalue weighted by Gasteiger charge is 2.01. The van der Waals surface area contributed by atoms with Crippen molar-refractivity contribution in [3.05, 3.63) is 0 Å². The summed E-state index contributed by atoms with van der Waals surface area (Å²) >= 11 is 0. The first-order valence-electron chi connectivity index (χ1n) is 1.55. The van der Waals surface area contributed by atoms with Crippen molar-refractivity contribution in [2.45, 2.75) is 13.0 Å². The number of aliphatic carboxylic acids is 1. The molecule has 0 aromatic heterocycles. The van der Waals surface area contributed by atoms with E-state index in [9.17, 15) is 4.79 Å². The smallest absolute Gasteiger partial charge is 0.332 e. The normalized spacial score (nSPS) is 7.45. The molecule has 0 fully saturated rings. The van der Waals surface area contributed by atoms with Crippen LogP contribution in [0.3, 0.4) is 0 Å². The lowest BCUT2D eigenvalue weighted by atomic mass is 10.4. The zero-order valence-electron chi connectivity index (χ0n) is 5.88. The predicted molar refractivity (Wildman–Crippen MR) is 37.4 cm³/mol. The summed E-state index contributed by atoms with van der Waals surface area (Å²) in [7, 11) is 0. The molecule has 11 heavy (non-hydrogen) atoms. The summed E-state index contributed by atoms with van der Waals surface area (Å²) in [6.45, 7) is 1.20. The van der Waals surface area contributed by atoms with E-state index in [4.69, 9.17) is 10.2 Å². The second-order valence-electron chi connectivity index (χ2n) is 1.01. The molecule has 8 heteroatoms. The molecule has 0 aromatic carbocycles. The Morgan fingerprint density at radius 3 is 1.18 bits per heavy atom. The van der Waals surface area contributed by atoms with Crippen molar-refractivity contribution in [2.24, 2.45) is 0 Å². The fourth-order valence-electron chi connectivity index (χ4n) is 0. The first-order valence-corrected chi connectivity index (χ1v) is 1.55. The highest BCUT2D eigenvalue weighted by Crippen LogP contribution is 1.73. The summed E-state index contributed by atoms with van der Waals surface area (Å²) < 4.78 is 0. The van der Waals surface area contributed by atoms with Gasteiger partial charge in [0, 0.05) is 0 Å². The van der Waals surface area contributed by atoms with Gasteiger partial charge >= 0.3 is 5.97 Å². The Bertz CT molecular complexity index is 60.4. The minimum atomic E-state index is -1.23. The van der Waals surface area contributed by atoms with Gasteiger partial charge < -0.3 is 37.6 Å². The lowest BCUT2D eigenvalue weighted by Gasteiger charge is -1.89. The van der Waals surface area contributed by atoms with Gasteiger partial charge in [-0.2, -0.15) is 0 Å². The van der Waals surface area contributed by atoms with Crippen LogP contribution in [0.25, 0.3) is 0 Å². The average molecular weight is 180 g/mol. The zero-order valence-corrected chi connectivity index (χ0v) is 5.88. The monoisotopic (exact) mass is 180 g/mol. The lowest BCUT2D eigenvalue weighted by molar-refractivity contribution is -0.145. The van der Waals surface area contributed by atoms with Gasteiger partial charge in [0.05, 0.1) is 0 Å². The third-order valence-electron chi connectivity index (χ3n) is 0.357. The quantitative estimate of drug-likeness (QED) is 0.406. The van der Waals surface area contributed by atoms with Crippen molar-refractivity contribution in [3.63, 3.8) is 0 Å². The highest BCUT2D eigenvalue weighted by atomic mass is 16.4. The molecule has 0 aromatic rings. The SMILES string of the molecule is CC(O)C(=O)O.O.O.O.O.O. The molecular formula is C3H16O8. The molecule has 1 atom stereocenters. The lowest BCUT2D eigenvalue weighted by Crippen LogP contribution is -2.13. The van der Waals surface area contributed by atoms with Crippen LogP contribution in [0.2, 0.25) is 0 Å². The van der Waals surface area contributed by atoms with Crippen LogP contribution in [0, 0.1) is 0 Å². The molecule has 76 valence electrons. The number of carboxylic acids is 1. The summed E-state index contributed by atoms with van der Waals surface area (Å²) in [5, 5.41) is 15.8. The van der Waals surface area contributed by atoms with Crippen LogP contribution >= 0.6 is 0 Å². The molecule has 0 saturated heterocycles. The number of carbonyl (C=O) groups is 1. The maximum absolute atomic E-state index is 9.45. The molecule has 0 rings (SSSR count). The van der Waals surface area contributed by atoms with Crippen molar-refractivity contribution in [1.29, 1.82) is 0 Å². The maximum atomic E-state index is 9.45. The van der Waals surface area contributed by atoms with Crippen LogP contribution in [0.5, 0.6) is 0 Å². The summed E-state index contributed by atoms with van der Waals surface area (Å²) in [5.41, 5.74) is 0.